The highest BCUT2D eigenvalue weighted by Gasteiger charge is 2.43. The molecule has 3 aliphatic rings. The summed E-state index contributed by atoms with van der Waals surface area (Å²) >= 11 is 1.82. The van der Waals surface area contributed by atoms with Crippen LogP contribution in [0.15, 0.2) is 24.3 Å². The molecule has 0 aliphatic carbocycles. The molecule has 0 aromatic heterocycles. The van der Waals surface area contributed by atoms with E-state index in [0.717, 1.165) is 18.6 Å². The van der Waals surface area contributed by atoms with Gasteiger partial charge in [0.25, 0.3) is 0 Å². The molecule has 60 heavy (non-hydrogen) atoms. The number of phenolic OH excluding ortho intramolecular Hbond substituents is 1. The van der Waals surface area contributed by atoms with E-state index in [1.54, 1.807) is 19.1 Å². The lowest BCUT2D eigenvalue weighted by molar-refractivity contribution is -0.143. The van der Waals surface area contributed by atoms with Gasteiger partial charge < -0.3 is 52.7 Å². The SMILES string of the molecule is CC[C@@H](C)[C@H](NC(=O)[C@H](Cc1ccc(O)cc1)NC(=O)[C@@H]1CCCN1C(=O)[C@H](CCCCN)NC(=O)CCCCC1SCC2NC(=O)NC21)C(=O)N[C@@H](CC(C)C)C(=O)O. The predicted octanol–water partition coefficient (Wildman–Crippen LogP) is 1.90. The molecule has 9 atom stereocenters. The highest BCUT2D eigenvalue weighted by molar-refractivity contribution is 8.00. The van der Waals surface area contributed by atoms with Gasteiger partial charge in [-0.1, -0.05) is 52.7 Å². The number of carboxylic acids is 1. The number of likely N-dealkylation sites (tertiary alicyclic amines) is 1. The van der Waals surface area contributed by atoms with Crippen LogP contribution in [-0.2, 0) is 35.2 Å². The number of carbonyl (C=O) groups is 7. The molecule has 3 unspecified atom stereocenters. The van der Waals surface area contributed by atoms with Crippen molar-refractivity contribution >= 4 is 53.3 Å². The largest absolute Gasteiger partial charge is 0.508 e. The van der Waals surface area contributed by atoms with Crippen LogP contribution in [0.2, 0.25) is 0 Å². The van der Waals surface area contributed by atoms with Gasteiger partial charge in [-0.2, -0.15) is 11.8 Å². The number of carbonyl (C=O) groups excluding carboxylic acids is 6. The zero-order valence-electron chi connectivity index (χ0n) is 35.4. The van der Waals surface area contributed by atoms with Crippen molar-refractivity contribution in [3.05, 3.63) is 29.8 Å². The van der Waals surface area contributed by atoms with Gasteiger partial charge in [0.15, 0.2) is 0 Å². The molecule has 0 spiro atoms. The first kappa shape index (κ1) is 48.1. The number of benzene rings is 1. The van der Waals surface area contributed by atoms with E-state index in [-0.39, 0.29) is 66.7 Å². The average Bonchev–Trinajstić information content (AvgIpc) is 3.94. The van der Waals surface area contributed by atoms with Crippen LogP contribution in [0.4, 0.5) is 4.79 Å². The van der Waals surface area contributed by atoms with Crippen LogP contribution in [0.25, 0.3) is 0 Å². The molecular weight excluding hydrogens is 793 g/mol. The van der Waals surface area contributed by atoms with Crippen LogP contribution in [0.5, 0.6) is 5.75 Å². The molecule has 18 heteroatoms. The molecule has 0 radical (unpaired) electrons. The van der Waals surface area contributed by atoms with Crippen molar-refractivity contribution in [2.45, 2.75) is 152 Å². The maximum absolute atomic E-state index is 14.2. The van der Waals surface area contributed by atoms with E-state index in [2.05, 4.69) is 31.9 Å². The van der Waals surface area contributed by atoms with Gasteiger partial charge in [-0.15, -0.1) is 0 Å². The Labute approximate surface area is 357 Å². The molecule has 1 aromatic rings. The molecule has 4 rings (SSSR count). The number of aliphatic carboxylic acids is 1. The summed E-state index contributed by atoms with van der Waals surface area (Å²) < 4.78 is 0. The smallest absolute Gasteiger partial charge is 0.326 e. The van der Waals surface area contributed by atoms with Crippen molar-refractivity contribution in [2.75, 3.05) is 18.8 Å². The number of phenols is 1. The Kier molecular flexibility index (Phi) is 18.8. The Morgan fingerprint density at radius 1 is 0.917 bits per heavy atom. The molecule has 1 aromatic carbocycles. The Balaban J connectivity index is 1.44. The third kappa shape index (κ3) is 14.0. The van der Waals surface area contributed by atoms with Gasteiger partial charge in [0.05, 0.1) is 12.1 Å². The third-order valence-electron chi connectivity index (χ3n) is 11.6. The number of hydrogen-bond donors (Lipinski definition) is 9. The summed E-state index contributed by atoms with van der Waals surface area (Å²) in [6.07, 6.45) is 5.56. The maximum Gasteiger partial charge on any atom is 0.326 e. The van der Waals surface area contributed by atoms with E-state index in [4.69, 9.17) is 5.73 Å². The summed E-state index contributed by atoms with van der Waals surface area (Å²) in [5, 5.41) is 37.0. The van der Waals surface area contributed by atoms with Crippen molar-refractivity contribution in [2.24, 2.45) is 17.6 Å². The standard InChI is InChI=1S/C42H66N8O9S/c1-5-25(4)35(39(55)46-30(41(57)58)21-24(2)3)48-37(53)29(22-26-15-17-27(51)18-16-26)45-38(54)32-12-10-20-50(32)40(56)28(11-8-9-19-43)44-34(52)14-7-6-13-33-36-31(23-60-33)47-42(59)49-36/h15-18,24-25,28-33,35-36,51H,5-14,19-23,43H2,1-4H3,(H,44,52)(H,45,54)(H,46,55)(H,48,53)(H,57,58)(H2,47,49,59)/t25-,28+,29+,30+,31?,32+,33?,35+,36?/m1/s1. The summed E-state index contributed by atoms with van der Waals surface area (Å²) in [7, 11) is 0. The topological polar surface area (TPSA) is 261 Å². The van der Waals surface area contributed by atoms with Gasteiger partial charge in [0.1, 0.15) is 36.0 Å². The first-order valence-corrected chi connectivity index (χ1v) is 22.6. The van der Waals surface area contributed by atoms with Gasteiger partial charge in [0, 0.05) is 30.4 Å². The normalized spacial score (nSPS) is 22.1. The number of hydrogen-bond acceptors (Lipinski definition) is 10. The van der Waals surface area contributed by atoms with Crippen LogP contribution >= 0.6 is 11.8 Å². The summed E-state index contributed by atoms with van der Waals surface area (Å²) in [6, 6.07) is 0.924. The average molecular weight is 859 g/mol. The first-order valence-electron chi connectivity index (χ1n) is 21.5. The second kappa shape index (κ2) is 23.4. The van der Waals surface area contributed by atoms with Gasteiger partial charge in [-0.05, 0) is 87.4 Å². The van der Waals surface area contributed by atoms with Crippen molar-refractivity contribution in [1.82, 2.24) is 36.8 Å². The second-order valence-electron chi connectivity index (χ2n) is 16.8. The summed E-state index contributed by atoms with van der Waals surface area (Å²) in [4.78, 5) is 94.3. The summed E-state index contributed by atoms with van der Waals surface area (Å²) in [5.41, 5.74) is 6.36. The fourth-order valence-corrected chi connectivity index (χ4v) is 9.59. The van der Waals surface area contributed by atoms with Crippen LogP contribution in [0.3, 0.4) is 0 Å². The minimum Gasteiger partial charge on any atom is -0.508 e. The van der Waals surface area contributed by atoms with Crippen molar-refractivity contribution in [3.8, 4) is 5.75 Å². The fourth-order valence-electron chi connectivity index (χ4n) is 8.05. The Bertz CT molecular complexity index is 1650. The third-order valence-corrected chi connectivity index (χ3v) is 13.1. The number of urea groups is 1. The number of unbranched alkanes of at least 4 members (excludes halogenated alkanes) is 2. The van der Waals surface area contributed by atoms with Gasteiger partial charge in [-0.25, -0.2) is 9.59 Å². The van der Waals surface area contributed by atoms with Crippen LogP contribution in [0, 0.1) is 11.8 Å². The number of thioether (sulfide) groups is 1. The number of fused-ring (bicyclic) bond motifs is 1. The molecule has 3 heterocycles. The minimum atomic E-state index is -1.21. The lowest BCUT2D eigenvalue weighted by atomic mass is 9.96. The molecule has 3 saturated heterocycles. The molecule has 334 valence electrons. The van der Waals surface area contributed by atoms with Crippen LogP contribution in [0.1, 0.15) is 104 Å². The summed E-state index contributed by atoms with van der Waals surface area (Å²) in [5.74, 6) is -3.28. The Hall–Kier alpha value is -4.58. The highest BCUT2D eigenvalue weighted by atomic mass is 32.2. The Morgan fingerprint density at radius 2 is 1.65 bits per heavy atom. The minimum absolute atomic E-state index is 0.0115. The number of nitrogens with one attached hydrogen (secondary N) is 6. The molecule has 17 nitrogen and oxygen atoms in total. The molecule has 3 fully saturated rings. The first-order chi connectivity index (χ1) is 28.6. The lowest BCUT2D eigenvalue weighted by Gasteiger charge is -2.31. The quantitative estimate of drug-likeness (QED) is 0.0536. The number of rotatable bonds is 24. The number of aromatic hydroxyl groups is 1. The van der Waals surface area contributed by atoms with Crippen LogP contribution < -0.4 is 37.6 Å². The number of nitrogens with two attached hydrogens (primary N) is 1. The second-order valence-corrected chi connectivity index (χ2v) is 18.1. The molecule has 0 bridgehead atoms. The molecular formula is C42H66N8O9S. The summed E-state index contributed by atoms with van der Waals surface area (Å²) in [6.45, 7) is 7.99. The van der Waals surface area contributed by atoms with E-state index < -0.39 is 65.7 Å². The number of nitrogens with zero attached hydrogens (tertiary/aromatic N) is 1. The van der Waals surface area contributed by atoms with E-state index >= 15 is 0 Å². The van der Waals surface area contributed by atoms with E-state index in [1.807, 2.05) is 32.5 Å². The molecule has 0 saturated carbocycles. The maximum atomic E-state index is 14.2. The van der Waals surface area contributed by atoms with E-state index in [9.17, 15) is 43.8 Å². The van der Waals surface area contributed by atoms with Crippen molar-refractivity contribution in [3.63, 3.8) is 0 Å². The van der Waals surface area contributed by atoms with Gasteiger partial charge in [0.2, 0.25) is 29.5 Å². The molecule has 10 N–H and O–H groups in total. The van der Waals surface area contributed by atoms with Crippen molar-refractivity contribution in [1.29, 1.82) is 0 Å². The van der Waals surface area contributed by atoms with E-state index in [0.29, 0.717) is 57.1 Å². The molecule has 7 amide bonds. The van der Waals surface area contributed by atoms with Crippen LogP contribution in [-0.4, -0.2) is 123 Å². The predicted molar refractivity (Wildman–Crippen MR) is 228 cm³/mol. The highest BCUT2D eigenvalue weighted by Crippen LogP contribution is 2.33. The zero-order valence-corrected chi connectivity index (χ0v) is 36.2. The number of carboxylic acid groups (broad SMARTS) is 1. The van der Waals surface area contributed by atoms with Gasteiger partial charge >= 0.3 is 12.0 Å². The fraction of sp³-hybridized carbons (Fsp3) is 0.690. The zero-order chi connectivity index (χ0) is 43.9. The molecule has 3 aliphatic heterocycles. The monoisotopic (exact) mass is 858 g/mol. The lowest BCUT2D eigenvalue weighted by Crippen LogP contribution is -2.60. The van der Waals surface area contributed by atoms with E-state index in [1.165, 1.54) is 17.0 Å². The number of amides is 7. The van der Waals surface area contributed by atoms with Gasteiger partial charge in [-0.3, -0.25) is 24.0 Å². The van der Waals surface area contributed by atoms with Crippen molar-refractivity contribution < 1.29 is 43.8 Å². The Morgan fingerprint density at radius 3 is 2.32 bits per heavy atom.